The van der Waals surface area contributed by atoms with Gasteiger partial charge in [-0.25, -0.2) is 4.98 Å². The Bertz CT molecular complexity index is 825. The number of aliphatic imine (C=N–C) groups is 1. The van der Waals surface area contributed by atoms with Gasteiger partial charge in [-0.15, -0.1) is 24.0 Å². The third-order valence-corrected chi connectivity index (χ3v) is 4.59. The predicted octanol–water partition coefficient (Wildman–Crippen LogP) is 3.98. The highest BCUT2D eigenvalue weighted by molar-refractivity contribution is 14.0. The van der Waals surface area contributed by atoms with Crippen molar-refractivity contribution in [1.82, 2.24) is 20.9 Å². The van der Waals surface area contributed by atoms with Crippen molar-refractivity contribution in [2.45, 2.75) is 65.6 Å². The van der Waals surface area contributed by atoms with E-state index in [2.05, 4.69) is 46.7 Å². The van der Waals surface area contributed by atoms with E-state index >= 15 is 0 Å². The van der Waals surface area contributed by atoms with Gasteiger partial charge in [-0.05, 0) is 31.0 Å². The Kier molecular flexibility index (Phi) is 10.3. The summed E-state index contributed by atoms with van der Waals surface area (Å²) in [5.41, 5.74) is 1.65. The van der Waals surface area contributed by atoms with E-state index in [0.717, 1.165) is 17.7 Å². The summed E-state index contributed by atoms with van der Waals surface area (Å²) in [7, 11) is 1.72. The Balaban J connectivity index is 0.00000450. The average molecular weight is 527 g/mol. The third kappa shape index (κ3) is 7.97. The van der Waals surface area contributed by atoms with Crippen LogP contribution in [0, 0.1) is 0 Å². The molecule has 0 spiro atoms. The van der Waals surface area contributed by atoms with Gasteiger partial charge < -0.3 is 20.4 Å². The lowest BCUT2D eigenvalue weighted by Crippen LogP contribution is -2.36. The Hall–Kier alpha value is -2.10. The van der Waals surface area contributed by atoms with E-state index in [-0.39, 0.29) is 41.3 Å². The van der Waals surface area contributed by atoms with E-state index in [4.69, 9.17) is 4.42 Å². The van der Waals surface area contributed by atoms with E-state index in [1.165, 1.54) is 0 Å². The van der Waals surface area contributed by atoms with Gasteiger partial charge in [0.2, 0.25) is 5.89 Å². The standard InChI is InChI=1S/C22H33N5O2.HI/c1-7-15(2)27-20(28)17-10-8-16(9-11-17)12-25-21(23-6)26-14-19-24-13-18(29-19)22(3,4)5;/h8-11,13,15H,7,12,14H2,1-6H3,(H,27,28)(H2,23,25,26);1H. The fourth-order valence-electron chi connectivity index (χ4n) is 2.49. The van der Waals surface area contributed by atoms with Gasteiger partial charge >= 0.3 is 0 Å². The lowest BCUT2D eigenvalue weighted by atomic mass is 9.94. The fraction of sp³-hybridized carbons (Fsp3) is 0.500. The van der Waals surface area contributed by atoms with Crippen LogP contribution in [0.1, 0.15) is 68.6 Å². The number of rotatable bonds is 7. The highest BCUT2D eigenvalue weighted by Gasteiger charge is 2.19. The number of halogens is 1. The molecule has 0 aliphatic heterocycles. The number of carbonyl (C=O) groups is 1. The summed E-state index contributed by atoms with van der Waals surface area (Å²) in [5, 5.41) is 9.42. The van der Waals surface area contributed by atoms with Gasteiger partial charge in [-0.1, -0.05) is 39.8 Å². The zero-order valence-electron chi connectivity index (χ0n) is 18.7. The lowest BCUT2D eigenvalue weighted by molar-refractivity contribution is 0.0939. The predicted molar refractivity (Wildman–Crippen MR) is 131 cm³/mol. The summed E-state index contributed by atoms with van der Waals surface area (Å²) in [4.78, 5) is 20.7. The number of nitrogens with zero attached hydrogens (tertiary/aromatic N) is 2. The van der Waals surface area contributed by atoms with Crippen molar-refractivity contribution >= 4 is 35.8 Å². The molecule has 166 valence electrons. The number of oxazole rings is 1. The first-order chi connectivity index (χ1) is 13.7. The van der Waals surface area contributed by atoms with Gasteiger partial charge in [0.25, 0.3) is 5.91 Å². The topological polar surface area (TPSA) is 91.5 Å². The molecule has 0 saturated heterocycles. The molecule has 1 atom stereocenters. The van der Waals surface area contributed by atoms with Crippen molar-refractivity contribution in [2.24, 2.45) is 4.99 Å². The molecule has 0 radical (unpaired) electrons. The number of benzene rings is 1. The molecule has 0 aliphatic carbocycles. The van der Waals surface area contributed by atoms with E-state index in [1.54, 1.807) is 13.2 Å². The number of hydrogen-bond donors (Lipinski definition) is 3. The SMILES string of the molecule is CCC(C)NC(=O)c1ccc(CNC(=NC)NCc2ncc(C(C)(C)C)o2)cc1.I. The molecule has 1 aromatic carbocycles. The Morgan fingerprint density at radius 2 is 1.80 bits per heavy atom. The number of amides is 1. The Labute approximate surface area is 196 Å². The molecule has 1 unspecified atom stereocenters. The number of nitrogens with one attached hydrogen (secondary N) is 3. The van der Waals surface area contributed by atoms with Crippen LogP contribution >= 0.6 is 24.0 Å². The number of carbonyl (C=O) groups excluding carboxylic acids is 1. The molecule has 8 heteroatoms. The molecule has 1 amide bonds. The minimum atomic E-state index is -0.0666. The van der Waals surface area contributed by atoms with Crippen molar-refractivity contribution in [2.75, 3.05) is 7.05 Å². The summed E-state index contributed by atoms with van der Waals surface area (Å²) in [6.45, 7) is 11.3. The van der Waals surface area contributed by atoms with Gasteiger partial charge in [0.15, 0.2) is 5.96 Å². The Morgan fingerprint density at radius 3 is 2.33 bits per heavy atom. The highest BCUT2D eigenvalue weighted by Crippen LogP contribution is 2.22. The van der Waals surface area contributed by atoms with Crippen LogP contribution in [0.2, 0.25) is 0 Å². The van der Waals surface area contributed by atoms with Crippen molar-refractivity contribution in [3.63, 3.8) is 0 Å². The van der Waals surface area contributed by atoms with Gasteiger partial charge in [0.1, 0.15) is 5.76 Å². The molecule has 0 aliphatic rings. The molecule has 1 aromatic heterocycles. The number of aromatic nitrogens is 1. The number of hydrogen-bond acceptors (Lipinski definition) is 4. The van der Waals surface area contributed by atoms with E-state index in [9.17, 15) is 4.79 Å². The van der Waals surface area contributed by atoms with Gasteiger partial charge in [0, 0.05) is 30.6 Å². The normalized spacial score (nSPS) is 12.7. The second-order valence-corrected chi connectivity index (χ2v) is 8.13. The minimum Gasteiger partial charge on any atom is -0.443 e. The summed E-state index contributed by atoms with van der Waals surface area (Å²) in [6.07, 6.45) is 2.68. The first-order valence-electron chi connectivity index (χ1n) is 10.0. The van der Waals surface area contributed by atoms with Crippen molar-refractivity contribution < 1.29 is 9.21 Å². The monoisotopic (exact) mass is 527 g/mol. The van der Waals surface area contributed by atoms with Crippen LogP contribution in [-0.2, 0) is 18.5 Å². The molecule has 1 heterocycles. The van der Waals surface area contributed by atoms with E-state index in [1.807, 2.05) is 38.1 Å². The fourth-order valence-corrected chi connectivity index (χ4v) is 2.49. The van der Waals surface area contributed by atoms with Crippen molar-refractivity contribution in [1.29, 1.82) is 0 Å². The van der Waals surface area contributed by atoms with Crippen LogP contribution in [0.5, 0.6) is 0 Å². The van der Waals surface area contributed by atoms with Crippen molar-refractivity contribution in [3.05, 3.63) is 53.2 Å². The van der Waals surface area contributed by atoms with E-state index in [0.29, 0.717) is 30.5 Å². The molecule has 0 fully saturated rings. The zero-order chi connectivity index (χ0) is 21.4. The molecule has 0 bridgehead atoms. The first-order valence-corrected chi connectivity index (χ1v) is 10.0. The molecule has 0 saturated carbocycles. The van der Waals surface area contributed by atoms with Gasteiger partial charge in [-0.2, -0.15) is 0 Å². The highest BCUT2D eigenvalue weighted by atomic mass is 127. The van der Waals surface area contributed by atoms with E-state index < -0.39 is 0 Å². The maximum atomic E-state index is 12.2. The van der Waals surface area contributed by atoms with Crippen molar-refractivity contribution in [3.8, 4) is 0 Å². The first kappa shape index (κ1) is 25.9. The molecule has 2 aromatic rings. The lowest BCUT2D eigenvalue weighted by Gasteiger charge is -2.14. The van der Waals surface area contributed by atoms with Crippen LogP contribution < -0.4 is 16.0 Å². The zero-order valence-corrected chi connectivity index (χ0v) is 21.0. The summed E-state index contributed by atoms with van der Waals surface area (Å²) < 4.78 is 5.78. The molecular weight excluding hydrogens is 493 g/mol. The summed E-state index contributed by atoms with van der Waals surface area (Å²) in [5.74, 6) is 2.08. The van der Waals surface area contributed by atoms with Crippen LogP contribution in [0.4, 0.5) is 0 Å². The maximum Gasteiger partial charge on any atom is 0.251 e. The maximum absolute atomic E-state index is 12.2. The molecule has 3 N–H and O–H groups in total. The molecule has 2 rings (SSSR count). The van der Waals surface area contributed by atoms with Gasteiger partial charge in [-0.3, -0.25) is 9.79 Å². The summed E-state index contributed by atoms with van der Waals surface area (Å²) >= 11 is 0. The minimum absolute atomic E-state index is 0. The average Bonchev–Trinajstić information content (AvgIpc) is 3.18. The number of guanidine groups is 1. The van der Waals surface area contributed by atoms with Gasteiger partial charge in [0.05, 0.1) is 12.7 Å². The second kappa shape index (κ2) is 11.9. The van der Waals surface area contributed by atoms with Crippen LogP contribution in [0.25, 0.3) is 0 Å². The van der Waals surface area contributed by atoms with Crippen LogP contribution in [-0.4, -0.2) is 29.9 Å². The molecule has 30 heavy (non-hydrogen) atoms. The smallest absolute Gasteiger partial charge is 0.251 e. The van der Waals surface area contributed by atoms with Crippen LogP contribution in [0.3, 0.4) is 0 Å². The van der Waals surface area contributed by atoms with Crippen LogP contribution in [0.15, 0.2) is 39.9 Å². The second-order valence-electron chi connectivity index (χ2n) is 8.13. The molecular formula is C22H34IN5O2. The Morgan fingerprint density at radius 1 is 1.17 bits per heavy atom. The molecule has 7 nitrogen and oxygen atoms in total. The quantitative estimate of drug-likeness (QED) is 0.288. The third-order valence-electron chi connectivity index (χ3n) is 4.59. The summed E-state index contributed by atoms with van der Waals surface area (Å²) in [6, 6.07) is 7.73. The largest absolute Gasteiger partial charge is 0.443 e.